The molecular weight excluding hydrogens is 332 g/mol. The van der Waals surface area contributed by atoms with Crippen LogP contribution in [-0.2, 0) is 18.7 Å². The number of esters is 1. The molecule has 0 aliphatic heterocycles. The summed E-state index contributed by atoms with van der Waals surface area (Å²) in [5, 5.41) is 0.262. The number of hydrogen-bond acceptors (Lipinski definition) is 4. The predicted octanol–water partition coefficient (Wildman–Crippen LogP) is 5.17. The summed E-state index contributed by atoms with van der Waals surface area (Å²) in [6.07, 6.45) is 4.80. The molecule has 0 N–H and O–H groups in total. The number of hydrogen-bond donors (Lipinski definition) is 0. The second-order valence-corrected chi connectivity index (χ2v) is 14.9. The highest BCUT2D eigenvalue weighted by Gasteiger charge is 2.38. The van der Waals surface area contributed by atoms with E-state index in [1.165, 1.54) is 19.3 Å². The van der Waals surface area contributed by atoms with Crippen molar-refractivity contribution < 1.29 is 18.7 Å². The van der Waals surface area contributed by atoms with Crippen LogP contribution < -0.4 is 0 Å². The van der Waals surface area contributed by atoms with E-state index in [0.29, 0.717) is 18.4 Å². The van der Waals surface area contributed by atoms with Crippen LogP contribution in [0.5, 0.6) is 0 Å². The predicted molar refractivity (Wildman–Crippen MR) is 105 cm³/mol. The molecule has 1 fully saturated rings. The monoisotopic (exact) mass is 372 g/mol. The summed E-state index contributed by atoms with van der Waals surface area (Å²) < 4.78 is 17.3. The van der Waals surface area contributed by atoms with Gasteiger partial charge in [-0.1, -0.05) is 27.2 Å². The van der Waals surface area contributed by atoms with Crippen molar-refractivity contribution in [1.82, 2.24) is 0 Å². The van der Waals surface area contributed by atoms with Crippen LogP contribution in [0.3, 0.4) is 0 Å². The van der Waals surface area contributed by atoms with Gasteiger partial charge in [0.05, 0.1) is 6.61 Å². The van der Waals surface area contributed by atoms with Gasteiger partial charge in [-0.2, -0.15) is 0 Å². The number of carbonyl (C=O) groups is 1. The minimum atomic E-state index is -1.67. The highest BCUT2D eigenvalue weighted by atomic mass is 28.4. The summed E-state index contributed by atoms with van der Waals surface area (Å²) in [5.41, 5.74) is -0.447. The molecule has 0 radical (unpaired) electrons. The lowest BCUT2D eigenvalue weighted by Crippen LogP contribution is -2.42. The highest BCUT2D eigenvalue weighted by molar-refractivity contribution is 6.74. The normalized spacial score (nSPS) is 22.7. The van der Waals surface area contributed by atoms with Gasteiger partial charge < -0.3 is 13.9 Å². The average Bonchev–Trinajstić information content (AvgIpc) is 2.42. The lowest BCUT2D eigenvalue weighted by Gasteiger charge is -2.38. The lowest BCUT2D eigenvalue weighted by molar-refractivity contribution is -0.160. The molecule has 1 saturated carbocycles. The first kappa shape index (κ1) is 22.6. The van der Waals surface area contributed by atoms with Crippen LogP contribution >= 0.6 is 0 Å². The van der Waals surface area contributed by atoms with Gasteiger partial charge >= 0.3 is 5.97 Å². The van der Waals surface area contributed by atoms with E-state index in [-0.39, 0.29) is 17.6 Å². The fourth-order valence-electron chi connectivity index (χ4n) is 2.93. The van der Waals surface area contributed by atoms with Crippen LogP contribution in [-0.4, -0.2) is 39.7 Å². The molecule has 0 aromatic carbocycles. The molecule has 1 aliphatic carbocycles. The van der Waals surface area contributed by atoms with Crippen molar-refractivity contribution in [3.8, 4) is 0 Å². The Labute approximate surface area is 156 Å². The minimum absolute atomic E-state index is 0.0545. The van der Waals surface area contributed by atoms with Gasteiger partial charge in [0.2, 0.25) is 0 Å². The third-order valence-electron chi connectivity index (χ3n) is 5.37. The molecule has 5 heteroatoms. The Kier molecular flexibility index (Phi) is 8.16. The lowest BCUT2D eigenvalue weighted by atomic mass is 9.82. The van der Waals surface area contributed by atoms with Gasteiger partial charge in [-0.3, -0.25) is 0 Å². The Hall–Kier alpha value is -0.393. The van der Waals surface area contributed by atoms with Crippen LogP contribution in [0, 0.1) is 11.8 Å². The van der Waals surface area contributed by atoms with Gasteiger partial charge in [0.1, 0.15) is 12.2 Å². The molecule has 148 valence electrons. The second kappa shape index (κ2) is 9.00. The number of ether oxygens (including phenoxy) is 2. The summed E-state index contributed by atoms with van der Waals surface area (Å²) in [5.74, 6) is 0.878. The van der Waals surface area contributed by atoms with Crippen molar-refractivity contribution in [2.45, 2.75) is 91.0 Å². The fraction of sp³-hybridized carbons (Fsp3) is 0.950. The maximum Gasteiger partial charge on any atom is 0.332 e. The van der Waals surface area contributed by atoms with Crippen molar-refractivity contribution in [2.75, 3.05) is 19.8 Å². The topological polar surface area (TPSA) is 44.8 Å². The zero-order chi connectivity index (χ0) is 19.3. The molecule has 0 saturated heterocycles. The van der Waals surface area contributed by atoms with Gasteiger partial charge in [-0.15, -0.1) is 0 Å². The minimum Gasteiger partial charge on any atom is -0.458 e. The molecule has 0 bridgehead atoms. The molecule has 1 rings (SSSR count). The first-order chi connectivity index (χ1) is 11.3. The molecule has 0 spiro atoms. The van der Waals surface area contributed by atoms with E-state index in [2.05, 4.69) is 33.9 Å². The Bertz CT molecular complexity index is 420. The molecule has 0 amide bonds. The molecular formula is C20H40O4Si. The van der Waals surface area contributed by atoms with Crippen LogP contribution in [0.25, 0.3) is 0 Å². The summed E-state index contributed by atoms with van der Waals surface area (Å²) in [4.78, 5) is 11.7. The van der Waals surface area contributed by atoms with E-state index in [9.17, 15) is 4.79 Å². The van der Waals surface area contributed by atoms with Gasteiger partial charge in [0, 0.05) is 6.61 Å². The van der Waals surface area contributed by atoms with Crippen LogP contribution in [0.1, 0.15) is 67.2 Å². The molecule has 0 aromatic heterocycles. The molecule has 0 aromatic rings. The Morgan fingerprint density at radius 2 is 1.56 bits per heavy atom. The van der Waals surface area contributed by atoms with E-state index in [0.717, 1.165) is 13.0 Å². The molecule has 25 heavy (non-hydrogen) atoms. The van der Waals surface area contributed by atoms with Gasteiger partial charge in [0.15, 0.2) is 8.32 Å². The first-order valence-corrected chi connectivity index (χ1v) is 12.6. The summed E-state index contributed by atoms with van der Waals surface area (Å²) in [6, 6.07) is 0. The highest BCUT2D eigenvalue weighted by Crippen LogP contribution is 2.38. The van der Waals surface area contributed by atoms with E-state index in [1.807, 2.05) is 20.8 Å². The number of rotatable bonds is 7. The molecule has 2 atom stereocenters. The van der Waals surface area contributed by atoms with Crippen molar-refractivity contribution in [3.63, 3.8) is 0 Å². The summed E-state index contributed by atoms with van der Waals surface area (Å²) >= 11 is 0. The third-order valence-corrected chi connectivity index (χ3v) is 9.87. The Balaban J connectivity index is 2.32. The Morgan fingerprint density at radius 3 is 2.08 bits per heavy atom. The largest absolute Gasteiger partial charge is 0.458 e. The van der Waals surface area contributed by atoms with Crippen LogP contribution in [0.2, 0.25) is 18.1 Å². The van der Waals surface area contributed by atoms with Gasteiger partial charge in [0.25, 0.3) is 0 Å². The van der Waals surface area contributed by atoms with Crippen molar-refractivity contribution in [3.05, 3.63) is 0 Å². The van der Waals surface area contributed by atoms with Gasteiger partial charge in [-0.25, -0.2) is 4.79 Å². The Morgan fingerprint density at radius 1 is 1.00 bits per heavy atom. The summed E-state index contributed by atoms with van der Waals surface area (Å²) in [7, 11) is -1.67. The number of carbonyl (C=O) groups excluding carboxylic acids is 1. The second-order valence-electron chi connectivity index (χ2n) is 10.1. The van der Waals surface area contributed by atoms with Crippen LogP contribution in [0.15, 0.2) is 0 Å². The van der Waals surface area contributed by atoms with E-state index in [4.69, 9.17) is 13.9 Å². The van der Waals surface area contributed by atoms with E-state index >= 15 is 0 Å². The zero-order valence-corrected chi connectivity index (χ0v) is 18.7. The molecule has 0 heterocycles. The van der Waals surface area contributed by atoms with Crippen LogP contribution in [0.4, 0.5) is 0 Å². The average molecular weight is 373 g/mol. The fourth-order valence-corrected chi connectivity index (χ4v) is 4.01. The maximum absolute atomic E-state index is 11.7. The van der Waals surface area contributed by atoms with Gasteiger partial charge in [-0.05, 0) is 70.0 Å². The molecule has 0 unspecified atom stereocenters. The maximum atomic E-state index is 11.7. The summed E-state index contributed by atoms with van der Waals surface area (Å²) in [6.45, 7) is 18.7. The molecule has 4 nitrogen and oxygen atoms in total. The van der Waals surface area contributed by atoms with E-state index in [1.54, 1.807) is 0 Å². The molecule has 1 aliphatic rings. The van der Waals surface area contributed by atoms with Crippen molar-refractivity contribution in [2.24, 2.45) is 11.8 Å². The SMILES string of the molecule is CC(C)(C)OC(=O)COC[C@H]1CCC[C@@H](CO[Si](C)(C)C(C)(C)C)C1. The van der Waals surface area contributed by atoms with Crippen molar-refractivity contribution >= 4 is 14.3 Å². The smallest absolute Gasteiger partial charge is 0.332 e. The zero-order valence-electron chi connectivity index (χ0n) is 17.7. The van der Waals surface area contributed by atoms with E-state index < -0.39 is 13.9 Å². The quantitative estimate of drug-likeness (QED) is 0.456. The first-order valence-electron chi connectivity index (χ1n) is 9.74. The standard InChI is InChI=1S/C20H40O4Si/c1-19(2,3)24-18(21)15-22-13-16-10-9-11-17(12-16)14-23-25(7,8)20(4,5)6/h16-17H,9-15H2,1-8H3/t16-,17+/m0/s1. The van der Waals surface area contributed by atoms with Crippen molar-refractivity contribution in [1.29, 1.82) is 0 Å². The third kappa shape index (κ3) is 8.69.